The number of furan rings is 1. The number of rotatable bonds is 6. The summed E-state index contributed by atoms with van der Waals surface area (Å²) >= 11 is 0. The van der Waals surface area contributed by atoms with Crippen LogP contribution in [0.25, 0.3) is 0 Å². The predicted octanol–water partition coefficient (Wildman–Crippen LogP) is 1.69. The van der Waals surface area contributed by atoms with E-state index in [9.17, 15) is 13.2 Å². The molecule has 0 aromatic carbocycles. The molecule has 0 fully saturated rings. The summed E-state index contributed by atoms with van der Waals surface area (Å²) in [4.78, 5) is 10.7. The average Bonchev–Trinajstić information content (AvgIpc) is 2.62. The van der Waals surface area contributed by atoms with Crippen LogP contribution in [0.2, 0.25) is 0 Å². The smallest absolute Gasteiger partial charge is 0.372 e. The van der Waals surface area contributed by atoms with E-state index in [2.05, 4.69) is 0 Å². The minimum Gasteiger partial charge on any atom is -0.475 e. The summed E-state index contributed by atoms with van der Waals surface area (Å²) in [7, 11) is -3.25. The van der Waals surface area contributed by atoms with Gasteiger partial charge in [-0.05, 0) is 12.5 Å². The number of sulfone groups is 1. The average molecular weight is 246 g/mol. The third-order valence-corrected chi connectivity index (χ3v) is 3.79. The largest absolute Gasteiger partial charge is 0.475 e. The monoisotopic (exact) mass is 246 g/mol. The lowest BCUT2D eigenvalue weighted by Gasteiger charge is -2.02. The number of unbranched alkanes of at least 4 members (excludes halogenated alkanes) is 1. The highest BCUT2D eigenvalue weighted by Crippen LogP contribution is 2.15. The minimum atomic E-state index is -3.25. The molecule has 90 valence electrons. The van der Waals surface area contributed by atoms with Gasteiger partial charge in [-0.25, -0.2) is 13.2 Å². The lowest BCUT2D eigenvalue weighted by atomic mass is 10.3. The summed E-state index contributed by atoms with van der Waals surface area (Å²) in [5.41, 5.74) is 0.212. The van der Waals surface area contributed by atoms with Gasteiger partial charge in [-0.2, -0.15) is 0 Å². The maximum Gasteiger partial charge on any atom is 0.372 e. The Morgan fingerprint density at radius 1 is 1.50 bits per heavy atom. The molecule has 1 aromatic rings. The van der Waals surface area contributed by atoms with Crippen LogP contribution in [-0.2, 0) is 15.6 Å². The number of carbonyl (C=O) groups is 1. The Morgan fingerprint density at radius 2 is 2.19 bits per heavy atom. The molecular formula is C10H14O5S. The quantitative estimate of drug-likeness (QED) is 0.825. The fraction of sp³-hybridized carbons (Fsp3) is 0.500. The third kappa shape index (κ3) is 3.37. The van der Waals surface area contributed by atoms with Crippen molar-refractivity contribution in [3.63, 3.8) is 0 Å². The number of carboxylic acids is 1. The van der Waals surface area contributed by atoms with E-state index in [1.165, 1.54) is 12.3 Å². The van der Waals surface area contributed by atoms with Gasteiger partial charge in [-0.15, -0.1) is 0 Å². The molecule has 5 nitrogen and oxygen atoms in total. The third-order valence-electron chi connectivity index (χ3n) is 2.13. The highest BCUT2D eigenvalue weighted by molar-refractivity contribution is 7.90. The Labute approximate surface area is 94.0 Å². The molecule has 0 saturated carbocycles. The van der Waals surface area contributed by atoms with E-state index < -0.39 is 15.8 Å². The van der Waals surface area contributed by atoms with Crippen LogP contribution in [0, 0.1) is 0 Å². The summed E-state index contributed by atoms with van der Waals surface area (Å²) in [5, 5.41) is 8.74. The van der Waals surface area contributed by atoms with Crippen LogP contribution in [0.5, 0.6) is 0 Å². The van der Waals surface area contributed by atoms with Crippen molar-refractivity contribution in [3.8, 4) is 0 Å². The van der Waals surface area contributed by atoms with E-state index in [-0.39, 0.29) is 22.8 Å². The van der Waals surface area contributed by atoms with Crippen LogP contribution in [0.4, 0.5) is 0 Å². The molecular weight excluding hydrogens is 232 g/mol. The van der Waals surface area contributed by atoms with Gasteiger partial charge < -0.3 is 9.52 Å². The van der Waals surface area contributed by atoms with E-state index in [0.29, 0.717) is 6.42 Å². The molecule has 0 aliphatic rings. The zero-order valence-electron chi connectivity index (χ0n) is 8.97. The molecule has 1 heterocycles. The first-order chi connectivity index (χ1) is 7.46. The molecule has 0 aliphatic heterocycles. The van der Waals surface area contributed by atoms with Crippen LogP contribution in [0.1, 0.15) is 35.9 Å². The van der Waals surface area contributed by atoms with Gasteiger partial charge in [-0.1, -0.05) is 13.3 Å². The van der Waals surface area contributed by atoms with Gasteiger partial charge in [0.15, 0.2) is 9.84 Å². The number of hydrogen-bond acceptors (Lipinski definition) is 4. The van der Waals surface area contributed by atoms with Crippen molar-refractivity contribution in [2.45, 2.75) is 25.5 Å². The van der Waals surface area contributed by atoms with Crippen LogP contribution in [-0.4, -0.2) is 25.2 Å². The van der Waals surface area contributed by atoms with E-state index in [1.54, 1.807) is 0 Å². The van der Waals surface area contributed by atoms with Crippen molar-refractivity contribution in [3.05, 3.63) is 23.7 Å². The normalized spacial score (nSPS) is 11.6. The Kier molecular flexibility index (Phi) is 4.12. The van der Waals surface area contributed by atoms with E-state index in [0.717, 1.165) is 6.42 Å². The fourth-order valence-corrected chi connectivity index (χ4v) is 2.88. The lowest BCUT2D eigenvalue weighted by molar-refractivity contribution is 0.0661. The maximum atomic E-state index is 11.6. The number of carboxylic acid groups (broad SMARTS) is 1. The summed E-state index contributed by atoms with van der Waals surface area (Å²) in [6, 6.07) is 1.38. The first kappa shape index (κ1) is 12.8. The van der Waals surface area contributed by atoms with Gasteiger partial charge in [0.05, 0.1) is 17.8 Å². The standard InChI is InChI=1S/C10H14O5S/c1-2-3-6-16(13,14)7-8-4-5-15-9(8)10(11)12/h4-5H,2-3,6-7H2,1H3,(H,11,12). The molecule has 0 bridgehead atoms. The van der Waals surface area contributed by atoms with E-state index in [4.69, 9.17) is 9.52 Å². The van der Waals surface area contributed by atoms with Crippen LogP contribution in [0.15, 0.2) is 16.7 Å². The van der Waals surface area contributed by atoms with Gasteiger partial charge in [0.1, 0.15) is 0 Å². The minimum absolute atomic E-state index is 0.0771. The second-order valence-electron chi connectivity index (χ2n) is 3.53. The molecule has 0 aliphatic carbocycles. The first-order valence-corrected chi connectivity index (χ1v) is 6.78. The number of aromatic carboxylic acids is 1. The van der Waals surface area contributed by atoms with E-state index >= 15 is 0 Å². The lowest BCUT2D eigenvalue weighted by Crippen LogP contribution is -2.11. The number of hydrogen-bond donors (Lipinski definition) is 1. The first-order valence-electron chi connectivity index (χ1n) is 4.96. The Hall–Kier alpha value is -1.30. The Bertz CT molecular complexity index is 457. The van der Waals surface area contributed by atoms with Gasteiger partial charge in [0.25, 0.3) is 0 Å². The van der Waals surface area contributed by atoms with E-state index in [1.807, 2.05) is 6.92 Å². The summed E-state index contributed by atoms with van der Waals surface area (Å²) < 4.78 is 27.9. The molecule has 0 spiro atoms. The highest BCUT2D eigenvalue weighted by atomic mass is 32.2. The molecule has 6 heteroatoms. The topological polar surface area (TPSA) is 84.6 Å². The van der Waals surface area contributed by atoms with Crippen LogP contribution in [0.3, 0.4) is 0 Å². The Morgan fingerprint density at radius 3 is 2.75 bits per heavy atom. The molecule has 16 heavy (non-hydrogen) atoms. The van der Waals surface area contributed by atoms with Gasteiger partial charge in [-0.3, -0.25) is 0 Å². The summed E-state index contributed by atoms with van der Waals surface area (Å²) in [6.45, 7) is 1.90. The SMILES string of the molecule is CCCCS(=O)(=O)Cc1ccoc1C(=O)O. The van der Waals surface area contributed by atoms with Crippen LogP contribution >= 0.6 is 0 Å². The molecule has 0 radical (unpaired) electrons. The Balaban J connectivity index is 2.80. The molecule has 0 amide bonds. The molecule has 0 saturated heterocycles. The van der Waals surface area contributed by atoms with Crippen molar-refractivity contribution < 1.29 is 22.7 Å². The maximum absolute atomic E-state index is 11.6. The summed E-state index contributed by atoms with van der Waals surface area (Å²) in [6.07, 6.45) is 2.56. The molecule has 0 unspecified atom stereocenters. The fourth-order valence-electron chi connectivity index (χ4n) is 1.31. The zero-order valence-corrected chi connectivity index (χ0v) is 9.79. The van der Waals surface area contributed by atoms with Gasteiger partial charge in [0.2, 0.25) is 5.76 Å². The van der Waals surface area contributed by atoms with Crippen LogP contribution < -0.4 is 0 Å². The second-order valence-corrected chi connectivity index (χ2v) is 5.71. The summed E-state index contributed by atoms with van der Waals surface area (Å²) in [5.74, 6) is -1.73. The van der Waals surface area contributed by atoms with Crippen molar-refractivity contribution in [1.82, 2.24) is 0 Å². The second kappa shape index (κ2) is 5.16. The van der Waals surface area contributed by atoms with Crippen molar-refractivity contribution in [2.24, 2.45) is 0 Å². The predicted molar refractivity (Wildman–Crippen MR) is 58.1 cm³/mol. The molecule has 0 atom stereocenters. The van der Waals surface area contributed by atoms with Gasteiger partial charge >= 0.3 is 5.97 Å². The van der Waals surface area contributed by atoms with Crippen molar-refractivity contribution in [1.29, 1.82) is 0 Å². The molecule has 1 rings (SSSR count). The van der Waals surface area contributed by atoms with Crippen molar-refractivity contribution >= 4 is 15.8 Å². The van der Waals surface area contributed by atoms with Gasteiger partial charge in [0, 0.05) is 5.56 Å². The molecule has 1 N–H and O–H groups in total. The molecule has 1 aromatic heterocycles. The zero-order chi connectivity index (χ0) is 12.2. The highest BCUT2D eigenvalue weighted by Gasteiger charge is 2.19. The van der Waals surface area contributed by atoms with Crippen molar-refractivity contribution in [2.75, 3.05) is 5.75 Å².